The van der Waals surface area contributed by atoms with Gasteiger partial charge in [0.25, 0.3) is 0 Å². The summed E-state index contributed by atoms with van der Waals surface area (Å²) in [5.41, 5.74) is 0. The van der Waals surface area contributed by atoms with Crippen molar-refractivity contribution in [2.45, 2.75) is 129 Å². The van der Waals surface area contributed by atoms with Crippen LogP contribution in [-0.4, -0.2) is 60.4 Å². The van der Waals surface area contributed by atoms with Crippen molar-refractivity contribution in [3.8, 4) is 0 Å². The predicted molar refractivity (Wildman–Crippen MR) is 159 cm³/mol. The first-order valence-electron chi connectivity index (χ1n) is 15.2. The van der Waals surface area contributed by atoms with Crippen LogP contribution in [0.5, 0.6) is 0 Å². The van der Waals surface area contributed by atoms with Gasteiger partial charge in [0.1, 0.15) is 0 Å². The Balaban J connectivity index is 0.0000144. The third-order valence-electron chi connectivity index (χ3n) is 6.77. The molecule has 1 rings (SSSR count). The molecule has 0 bridgehead atoms. The second-order valence-electron chi connectivity index (χ2n) is 10.5. The van der Waals surface area contributed by atoms with E-state index in [2.05, 4.69) is 39.4 Å². The molecule has 0 spiro atoms. The van der Waals surface area contributed by atoms with Crippen LogP contribution in [0.15, 0.2) is 0 Å². The van der Waals surface area contributed by atoms with E-state index in [0.717, 1.165) is 25.9 Å². The molecular formula is C28H55N6NaO3S. The standard InChI is InChI=1S/C28H56N6O3S.Na/c1-4-6-8-10-12-14-15-17-19-21-23-30-27-31-26(29-22-20-18-16-13-11-9-7-5-2)32-28(33-27)34(3)24-25-38(35,36)37;/h4-25H2,1-3H3,(H,35,36,37)(H2,29,30,31,32,33);/q;+1/p-1. The Morgan fingerprint density at radius 1 is 0.641 bits per heavy atom. The number of unbranched alkanes of at least 4 members (excludes halogenated alkanes) is 16. The first kappa shape index (κ1) is 38.3. The number of anilines is 3. The number of nitrogens with zero attached hydrogens (tertiary/aromatic N) is 4. The van der Waals surface area contributed by atoms with E-state index in [4.69, 9.17) is 0 Å². The molecule has 0 atom stereocenters. The van der Waals surface area contributed by atoms with E-state index >= 15 is 0 Å². The van der Waals surface area contributed by atoms with Crippen molar-refractivity contribution < 1.29 is 42.5 Å². The maximum Gasteiger partial charge on any atom is 1.00 e. The van der Waals surface area contributed by atoms with Crippen molar-refractivity contribution in [3.05, 3.63) is 0 Å². The fraction of sp³-hybridized carbons (Fsp3) is 0.893. The number of aromatic nitrogens is 3. The summed E-state index contributed by atoms with van der Waals surface area (Å²) >= 11 is 0. The van der Waals surface area contributed by atoms with Gasteiger partial charge in [-0.3, -0.25) is 0 Å². The van der Waals surface area contributed by atoms with Crippen molar-refractivity contribution in [1.29, 1.82) is 0 Å². The van der Waals surface area contributed by atoms with Gasteiger partial charge in [0.15, 0.2) is 0 Å². The molecule has 0 aliphatic carbocycles. The quantitative estimate of drug-likeness (QED) is 0.0961. The molecule has 222 valence electrons. The van der Waals surface area contributed by atoms with Gasteiger partial charge in [0, 0.05) is 26.7 Å². The molecule has 9 nitrogen and oxygen atoms in total. The number of nitrogens with one attached hydrogen (secondary N) is 2. The van der Waals surface area contributed by atoms with Crippen molar-refractivity contribution in [2.75, 3.05) is 48.0 Å². The third-order valence-corrected chi connectivity index (χ3v) is 7.45. The fourth-order valence-electron chi connectivity index (χ4n) is 4.31. The monoisotopic (exact) mass is 578 g/mol. The molecule has 0 aliphatic heterocycles. The van der Waals surface area contributed by atoms with Crippen molar-refractivity contribution in [1.82, 2.24) is 15.0 Å². The molecular weight excluding hydrogens is 523 g/mol. The van der Waals surface area contributed by atoms with Gasteiger partial charge in [-0.05, 0) is 12.8 Å². The summed E-state index contributed by atoms with van der Waals surface area (Å²) in [7, 11) is -2.62. The van der Waals surface area contributed by atoms with Gasteiger partial charge in [0.2, 0.25) is 17.8 Å². The number of hydrogen-bond donors (Lipinski definition) is 2. The third kappa shape index (κ3) is 22.7. The molecule has 0 unspecified atom stereocenters. The van der Waals surface area contributed by atoms with E-state index in [0.29, 0.717) is 17.8 Å². The summed E-state index contributed by atoms with van der Waals surface area (Å²) < 4.78 is 33.2. The summed E-state index contributed by atoms with van der Waals surface area (Å²) in [5, 5.41) is 6.60. The zero-order valence-corrected chi connectivity index (χ0v) is 28.3. The molecule has 1 aromatic heterocycles. The topological polar surface area (TPSA) is 123 Å². The van der Waals surface area contributed by atoms with E-state index in [9.17, 15) is 13.0 Å². The Hall–Kier alpha value is -0.680. The molecule has 0 aliphatic rings. The SMILES string of the molecule is CCCCCCCCCCCCNc1nc(NCCCCCCCCCC)nc(N(C)CCS(=O)(=O)[O-])n1.[Na+]. The second kappa shape index (κ2) is 25.1. The molecule has 0 saturated carbocycles. The Labute approximate surface area is 261 Å². The van der Waals surface area contributed by atoms with Gasteiger partial charge >= 0.3 is 29.6 Å². The Kier molecular flexibility index (Phi) is 24.6. The van der Waals surface area contributed by atoms with E-state index in [-0.39, 0.29) is 36.1 Å². The molecule has 0 saturated heterocycles. The van der Waals surface area contributed by atoms with Gasteiger partial charge in [0.05, 0.1) is 15.9 Å². The van der Waals surface area contributed by atoms with Gasteiger partial charge in [-0.15, -0.1) is 0 Å². The van der Waals surface area contributed by atoms with Crippen LogP contribution in [0.1, 0.15) is 129 Å². The largest absolute Gasteiger partial charge is 1.00 e. The summed E-state index contributed by atoms with van der Waals surface area (Å²) in [6.07, 6.45) is 22.8. The van der Waals surface area contributed by atoms with E-state index in [1.54, 1.807) is 11.9 Å². The van der Waals surface area contributed by atoms with Crippen LogP contribution in [0, 0.1) is 0 Å². The molecule has 0 amide bonds. The van der Waals surface area contributed by atoms with Gasteiger partial charge in [-0.2, -0.15) is 15.0 Å². The van der Waals surface area contributed by atoms with Gasteiger partial charge in [-0.25, -0.2) is 8.42 Å². The van der Waals surface area contributed by atoms with Gasteiger partial charge in [-0.1, -0.05) is 117 Å². The van der Waals surface area contributed by atoms with E-state index in [1.165, 1.54) is 103 Å². The predicted octanol–water partition coefficient (Wildman–Crippen LogP) is 3.74. The fourth-order valence-corrected chi connectivity index (χ4v) is 4.81. The van der Waals surface area contributed by atoms with Crippen LogP contribution in [0.25, 0.3) is 0 Å². The molecule has 1 heterocycles. The van der Waals surface area contributed by atoms with Crippen molar-refractivity contribution >= 4 is 28.0 Å². The van der Waals surface area contributed by atoms with Crippen LogP contribution in [-0.2, 0) is 10.1 Å². The second-order valence-corrected chi connectivity index (χ2v) is 12.0. The molecule has 0 aromatic carbocycles. The van der Waals surface area contributed by atoms with Crippen LogP contribution < -0.4 is 45.1 Å². The summed E-state index contributed by atoms with van der Waals surface area (Å²) in [6.45, 7) is 6.07. The summed E-state index contributed by atoms with van der Waals surface area (Å²) in [5.74, 6) is 0.812. The normalized spacial score (nSPS) is 11.3. The minimum absolute atomic E-state index is 0. The smallest absolute Gasteiger partial charge is 0.748 e. The van der Waals surface area contributed by atoms with Crippen molar-refractivity contribution in [2.24, 2.45) is 0 Å². The molecule has 2 N–H and O–H groups in total. The Morgan fingerprint density at radius 3 is 1.36 bits per heavy atom. The summed E-state index contributed by atoms with van der Waals surface area (Å²) in [6, 6.07) is 0. The number of hydrogen-bond acceptors (Lipinski definition) is 9. The zero-order chi connectivity index (χ0) is 27.9. The zero-order valence-electron chi connectivity index (χ0n) is 25.5. The van der Waals surface area contributed by atoms with Gasteiger partial charge < -0.3 is 20.1 Å². The summed E-state index contributed by atoms with van der Waals surface area (Å²) in [4.78, 5) is 15.0. The Bertz CT molecular complexity index is 816. The first-order chi connectivity index (χ1) is 18.4. The van der Waals surface area contributed by atoms with Crippen LogP contribution >= 0.6 is 0 Å². The van der Waals surface area contributed by atoms with Crippen LogP contribution in [0.4, 0.5) is 17.8 Å². The molecule has 11 heteroatoms. The van der Waals surface area contributed by atoms with Crippen LogP contribution in [0.3, 0.4) is 0 Å². The van der Waals surface area contributed by atoms with E-state index in [1.807, 2.05) is 0 Å². The average Bonchev–Trinajstić information content (AvgIpc) is 2.89. The minimum Gasteiger partial charge on any atom is -0.748 e. The average molecular weight is 579 g/mol. The van der Waals surface area contributed by atoms with Crippen LogP contribution in [0.2, 0.25) is 0 Å². The molecule has 1 aromatic rings. The Morgan fingerprint density at radius 2 is 1.00 bits per heavy atom. The number of rotatable bonds is 26. The minimum atomic E-state index is -4.31. The molecule has 0 radical (unpaired) electrons. The first-order valence-corrected chi connectivity index (χ1v) is 16.8. The van der Waals surface area contributed by atoms with Crippen molar-refractivity contribution in [3.63, 3.8) is 0 Å². The van der Waals surface area contributed by atoms with E-state index < -0.39 is 15.9 Å². The maximum absolute atomic E-state index is 11.1. The maximum atomic E-state index is 11.1. The molecule has 39 heavy (non-hydrogen) atoms. The molecule has 0 fully saturated rings.